The lowest BCUT2D eigenvalue weighted by molar-refractivity contribution is 0.410. The predicted octanol–water partition coefficient (Wildman–Crippen LogP) is 3.37. The minimum atomic E-state index is 0.0345. The average molecular weight is 458 g/mol. The van der Waals surface area contributed by atoms with Crippen LogP contribution in [0.25, 0.3) is 17.0 Å². The van der Waals surface area contributed by atoms with Crippen LogP contribution in [0.1, 0.15) is 43.7 Å². The van der Waals surface area contributed by atoms with Crippen molar-refractivity contribution in [3.05, 3.63) is 66.7 Å². The van der Waals surface area contributed by atoms with E-state index >= 15 is 0 Å². The van der Waals surface area contributed by atoms with Gasteiger partial charge in [0.15, 0.2) is 11.5 Å². The molecule has 0 saturated heterocycles. The Morgan fingerprint density at radius 2 is 1.82 bits per heavy atom. The molecule has 3 aromatic heterocycles. The minimum absolute atomic E-state index is 0.0345. The number of hydrogen-bond acceptors (Lipinski definition) is 8. The number of benzene rings is 1. The van der Waals surface area contributed by atoms with Gasteiger partial charge in [0.2, 0.25) is 5.95 Å². The van der Waals surface area contributed by atoms with Crippen molar-refractivity contribution in [3.8, 4) is 11.4 Å². The molecule has 1 saturated carbocycles. The van der Waals surface area contributed by atoms with Crippen LogP contribution in [0.3, 0.4) is 0 Å². The molecule has 1 aliphatic rings. The summed E-state index contributed by atoms with van der Waals surface area (Å²) in [6.07, 6.45) is 12.2. The van der Waals surface area contributed by atoms with Gasteiger partial charge in [-0.1, -0.05) is 30.3 Å². The molecule has 9 nitrogen and oxygen atoms in total. The minimum Gasteiger partial charge on any atom is -0.364 e. The fourth-order valence-corrected chi connectivity index (χ4v) is 4.57. The first-order valence-electron chi connectivity index (χ1n) is 11.9. The van der Waals surface area contributed by atoms with Crippen LogP contribution in [0.2, 0.25) is 0 Å². The van der Waals surface area contributed by atoms with Gasteiger partial charge >= 0.3 is 0 Å². The van der Waals surface area contributed by atoms with Gasteiger partial charge in [-0.25, -0.2) is 19.9 Å². The van der Waals surface area contributed by atoms with Crippen LogP contribution < -0.4 is 22.1 Å². The highest BCUT2D eigenvalue weighted by atomic mass is 15.1. The molecule has 9 heteroatoms. The molecule has 6 N–H and O–H groups in total. The molecular formula is C25H31N9. The van der Waals surface area contributed by atoms with E-state index in [0.29, 0.717) is 24.6 Å². The number of nitrogens with two attached hydrogens (primary N) is 2. The molecule has 1 fully saturated rings. The van der Waals surface area contributed by atoms with Gasteiger partial charge in [0.1, 0.15) is 0 Å². The number of imidazole rings is 1. The van der Waals surface area contributed by atoms with Crippen molar-refractivity contribution in [2.75, 3.05) is 17.2 Å². The molecule has 5 rings (SSSR count). The first kappa shape index (κ1) is 22.2. The number of fused-ring (bicyclic) bond motifs is 1. The summed E-state index contributed by atoms with van der Waals surface area (Å²) in [5, 5.41) is 7.02. The summed E-state index contributed by atoms with van der Waals surface area (Å²) < 4.78 is 2.02. The van der Waals surface area contributed by atoms with Crippen molar-refractivity contribution < 1.29 is 0 Å². The largest absolute Gasteiger partial charge is 0.364 e. The second-order valence-corrected chi connectivity index (χ2v) is 8.82. The Kier molecular flexibility index (Phi) is 6.64. The van der Waals surface area contributed by atoms with Crippen molar-refractivity contribution in [1.82, 2.24) is 24.3 Å². The van der Waals surface area contributed by atoms with Crippen molar-refractivity contribution in [1.29, 1.82) is 0 Å². The monoisotopic (exact) mass is 457 g/mol. The Morgan fingerprint density at radius 1 is 1.00 bits per heavy atom. The summed E-state index contributed by atoms with van der Waals surface area (Å²) in [6, 6.07) is 12.8. The average Bonchev–Trinajstić information content (AvgIpc) is 3.31. The first-order valence-corrected chi connectivity index (χ1v) is 11.9. The van der Waals surface area contributed by atoms with Gasteiger partial charge < -0.3 is 22.1 Å². The summed E-state index contributed by atoms with van der Waals surface area (Å²) >= 11 is 0. The molecule has 34 heavy (non-hydrogen) atoms. The fourth-order valence-electron chi connectivity index (χ4n) is 4.57. The summed E-state index contributed by atoms with van der Waals surface area (Å²) in [5.74, 6) is 1.34. The Labute approximate surface area is 199 Å². The normalized spacial score (nSPS) is 19.1. The number of nitrogens with one attached hydrogen (secondary N) is 2. The lowest BCUT2D eigenvalue weighted by atomic mass is 9.92. The van der Waals surface area contributed by atoms with Crippen LogP contribution in [0.4, 0.5) is 11.8 Å². The van der Waals surface area contributed by atoms with Crippen LogP contribution in [0.5, 0.6) is 0 Å². The van der Waals surface area contributed by atoms with Crippen molar-refractivity contribution in [3.63, 3.8) is 0 Å². The Hall–Kier alpha value is -3.56. The fraction of sp³-hybridized carbons (Fsp3) is 0.360. The van der Waals surface area contributed by atoms with E-state index in [1.807, 2.05) is 41.1 Å². The molecule has 4 aromatic rings. The van der Waals surface area contributed by atoms with Crippen LogP contribution in [0.15, 0.2) is 61.2 Å². The van der Waals surface area contributed by atoms with Crippen LogP contribution in [0, 0.1) is 0 Å². The number of aromatic nitrogens is 5. The Bertz CT molecular complexity index is 1220. The zero-order valence-electron chi connectivity index (χ0n) is 19.1. The molecule has 1 unspecified atom stereocenters. The van der Waals surface area contributed by atoms with E-state index < -0.39 is 0 Å². The summed E-state index contributed by atoms with van der Waals surface area (Å²) in [7, 11) is 0. The SMILES string of the molecule is NCCC(Nc1nccc(-c2cnc3c(NC4CCC(N)CC4)nccn23)n1)c1ccccc1. The van der Waals surface area contributed by atoms with Gasteiger partial charge in [0, 0.05) is 30.7 Å². The third-order valence-electron chi connectivity index (χ3n) is 6.42. The van der Waals surface area contributed by atoms with E-state index in [2.05, 4.69) is 37.7 Å². The number of nitrogens with zero attached hydrogens (tertiary/aromatic N) is 5. The Morgan fingerprint density at radius 3 is 2.62 bits per heavy atom. The number of hydrogen-bond donors (Lipinski definition) is 4. The molecule has 176 valence electrons. The third kappa shape index (κ3) is 4.85. The maximum Gasteiger partial charge on any atom is 0.223 e. The Balaban J connectivity index is 1.39. The van der Waals surface area contributed by atoms with E-state index in [4.69, 9.17) is 16.5 Å². The molecule has 0 bridgehead atoms. The third-order valence-corrected chi connectivity index (χ3v) is 6.42. The summed E-state index contributed by atoms with van der Waals surface area (Å²) in [5.41, 5.74) is 15.5. The summed E-state index contributed by atoms with van der Waals surface area (Å²) in [4.78, 5) is 18.5. The molecule has 1 aliphatic carbocycles. The van der Waals surface area contributed by atoms with E-state index in [0.717, 1.165) is 60.5 Å². The van der Waals surface area contributed by atoms with Gasteiger partial charge in [0.25, 0.3) is 0 Å². The summed E-state index contributed by atoms with van der Waals surface area (Å²) in [6.45, 7) is 0.565. The van der Waals surface area contributed by atoms with Crippen LogP contribution in [-0.4, -0.2) is 43.0 Å². The predicted molar refractivity (Wildman–Crippen MR) is 134 cm³/mol. The molecule has 0 aliphatic heterocycles. The molecule has 1 aromatic carbocycles. The van der Waals surface area contributed by atoms with Crippen LogP contribution >= 0.6 is 0 Å². The van der Waals surface area contributed by atoms with Crippen molar-refractivity contribution in [2.45, 2.75) is 50.2 Å². The highest BCUT2D eigenvalue weighted by Gasteiger charge is 2.20. The lowest BCUT2D eigenvalue weighted by Crippen LogP contribution is -2.33. The zero-order chi connectivity index (χ0) is 23.3. The van der Waals surface area contributed by atoms with Gasteiger partial charge in [-0.05, 0) is 50.3 Å². The van der Waals surface area contributed by atoms with Gasteiger partial charge in [-0.15, -0.1) is 0 Å². The van der Waals surface area contributed by atoms with E-state index in [1.54, 1.807) is 12.4 Å². The van der Waals surface area contributed by atoms with Crippen molar-refractivity contribution in [2.24, 2.45) is 11.5 Å². The smallest absolute Gasteiger partial charge is 0.223 e. The molecule has 0 spiro atoms. The van der Waals surface area contributed by atoms with Gasteiger partial charge in [-0.3, -0.25) is 4.40 Å². The highest BCUT2D eigenvalue weighted by Crippen LogP contribution is 2.26. The highest BCUT2D eigenvalue weighted by molar-refractivity contribution is 5.69. The maximum atomic E-state index is 6.06. The van der Waals surface area contributed by atoms with E-state index in [9.17, 15) is 0 Å². The number of rotatable bonds is 8. The topological polar surface area (TPSA) is 132 Å². The second kappa shape index (κ2) is 10.1. The molecule has 1 atom stereocenters. The standard InChI is InChI=1S/C25H31N9/c26-12-10-20(17-4-2-1-3-5-17)32-25-29-13-11-21(33-25)22-16-30-24-23(28-14-15-34(22)24)31-19-8-6-18(27)7-9-19/h1-5,11,13-16,18-20H,6-10,12,26-27H2,(H,28,31)(H,29,32,33). The van der Waals surface area contributed by atoms with Gasteiger partial charge in [0.05, 0.1) is 23.6 Å². The van der Waals surface area contributed by atoms with E-state index in [-0.39, 0.29) is 6.04 Å². The lowest BCUT2D eigenvalue weighted by Gasteiger charge is -2.27. The number of anilines is 2. The van der Waals surface area contributed by atoms with E-state index in [1.165, 1.54) is 0 Å². The van der Waals surface area contributed by atoms with Crippen molar-refractivity contribution >= 4 is 17.4 Å². The molecule has 0 amide bonds. The quantitative estimate of drug-likeness (QED) is 0.317. The molecular weight excluding hydrogens is 426 g/mol. The molecule has 3 heterocycles. The zero-order valence-corrected chi connectivity index (χ0v) is 19.1. The van der Waals surface area contributed by atoms with Crippen LogP contribution in [-0.2, 0) is 0 Å². The van der Waals surface area contributed by atoms with Gasteiger partial charge in [-0.2, -0.15) is 0 Å². The first-order chi connectivity index (χ1) is 16.7. The maximum absolute atomic E-state index is 6.06. The molecule has 0 radical (unpaired) electrons. The second-order valence-electron chi connectivity index (χ2n) is 8.82.